The molecule has 0 amide bonds. The molecule has 0 aromatic heterocycles. The van der Waals surface area contributed by atoms with Crippen LogP contribution >= 0.6 is 0 Å². The maximum Gasteiger partial charge on any atom is 0.148 e. The molecule has 3 nitrogen and oxygen atoms in total. The van der Waals surface area contributed by atoms with Gasteiger partial charge in [0.1, 0.15) is 12.4 Å². The minimum Gasteiger partial charge on any atom is -0.481 e. The third kappa shape index (κ3) is 3.99. The second kappa shape index (κ2) is 6.60. The number of benzene rings is 1. The first-order chi connectivity index (χ1) is 9.23. The summed E-state index contributed by atoms with van der Waals surface area (Å²) >= 11 is 0. The Morgan fingerprint density at radius 3 is 2.84 bits per heavy atom. The molecule has 0 saturated carbocycles. The van der Waals surface area contributed by atoms with Gasteiger partial charge in [0.2, 0.25) is 0 Å². The molecule has 1 heterocycles. The Morgan fingerprint density at radius 2 is 2.11 bits per heavy atom. The van der Waals surface area contributed by atoms with Gasteiger partial charge in [0.05, 0.1) is 0 Å². The molecular formula is C16H21NO2. The maximum atomic E-state index is 5.56. The van der Waals surface area contributed by atoms with Crippen LogP contribution < -0.4 is 10.1 Å². The largest absolute Gasteiger partial charge is 0.481 e. The van der Waals surface area contributed by atoms with Crippen molar-refractivity contribution in [3.8, 4) is 18.1 Å². The van der Waals surface area contributed by atoms with Crippen LogP contribution in [0.15, 0.2) is 24.3 Å². The molecule has 1 aromatic rings. The van der Waals surface area contributed by atoms with Crippen molar-refractivity contribution in [1.29, 1.82) is 0 Å². The summed E-state index contributed by atoms with van der Waals surface area (Å²) in [7, 11) is 0. The standard InChI is InChI=1S/C16H21NO2/c1-3-10-19-15-7-5-4-6-14(15)13-17-16(2)8-11-18-12-9-16/h1,4-7,17H,8-13H2,2H3. The summed E-state index contributed by atoms with van der Waals surface area (Å²) in [6.45, 7) is 5.01. The summed E-state index contributed by atoms with van der Waals surface area (Å²) in [5.41, 5.74) is 1.29. The highest BCUT2D eigenvalue weighted by Gasteiger charge is 2.26. The number of terminal acetylenes is 1. The van der Waals surface area contributed by atoms with Crippen LogP contribution in [0.5, 0.6) is 5.75 Å². The molecule has 0 spiro atoms. The molecule has 2 rings (SSSR count). The van der Waals surface area contributed by atoms with Crippen LogP contribution in [0.4, 0.5) is 0 Å². The third-order valence-corrected chi connectivity index (χ3v) is 3.59. The van der Waals surface area contributed by atoms with E-state index in [0.29, 0.717) is 6.61 Å². The van der Waals surface area contributed by atoms with E-state index < -0.39 is 0 Å². The number of para-hydroxylation sites is 1. The first-order valence-corrected chi connectivity index (χ1v) is 6.70. The highest BCUT2D eigenvalue weighted by atomic mass is 16.5. The highest BCUT2D eigenvalue weighted by Crippen LogP contribution is 2.23. The third-order valence-electron chi connectivity index (χ3n) is 3.59. The monoisotopic (exact) mass is 259 g/mol. The Morgan fingerprint density at radius 1 is 1.37 bits per heavy atom. The Hall–Kier alpha value is -1.50. The quantitative estimate of drug-likeness (QED) is 0.823. The molecule has 1 fully saturated rings. The maximum absolute atomic E-state index is 5.56. The van der Waals surface area contributed by atoms with E-state index in [2.05, 4.69) is 24.2 Å². The van der Waals surface area contributed by atoms with Crippen molar-refractivity contribution in [3.05, 3.63) is 29.8 Å². The van der Waals surface area contributed by atoms with E-state index in [4.69, 9.17) is 15.9 Å². The molecule has 1 aliphatic heterocycles. The second-order valence-electron chi connectivity index (χ2n) is 5.13. The van der Waals surface area contributed by atoms with Crippen molar-refractivity contribution in [2.45, 2.75) is 31.8 Å². The number of nitrogens with one attached hydrogen (secondary N) is 1. The van der Waals surface area contributed by atoms with E-state index in [9.17, 15) is 0 Å². The molecule has 0 unspecified atom stereocenters. The lowest BCUT2D eigenvalue weighted by atomic mass is 9.92. The molecule has 0 bridgehead atoms. The predicted octanol–water partition coefficient (Wildman–Crippen LogP) is 2.36. The number of rotatable bonds is 5. The minimum absolute atomic E-state index is 0.150. The Labute approximate surface area is 115 Å². The molecule has 1 N–H and O–H groups in total. The topological polar surface area (TPSA) is 30.5 Å². The molecule has 1 aromatic carbocycles. The molecule has 19 heavy (non-hydrogen) atoms. The van der Waals surface area contributed by atoms with Gasteiger partial charge in [0.15, 0.2) is 0 Å². The SMILES string of the molecule is C#CCOc1ccccc1CNC1(C)CCOCC1. The Bertz CT molecular complexity index is 444. The predicted molar refractivity (Wildman–Crippen MR) is 76.1 cm³/mol. The van der Waals surface area contributed by atoms with Gasteiger partial charge in [-0.2, -0.15) is 0 Å². The molecule has 1 saturated heterocycles. The lowest BCUT2D eigenvalue weighted by Crippen LogP contribution is -2.46. The smallest absolute Gasteiger partial charge is 0.148 e. The van der Waals surface area contributed by atoms with Crippen LogP contribution in [-0.2, 0) is 11.3 Å². The fraction of sp³-hybridized carbons (Fsp3) is 0.500. The van der Waals surface area contributed by atoms with Crippen molar-refractivity contribution >= 4 is 0 Å². The van der Waals surface area contributed by atoms with E-state index in [1.807, 2.05) is 18.2 Å². The normalized spacial score (nSPS) is 17.7. The fourth-order valence-corrected chi connectivity index (χ4v) is 2.22. The van der Waals surface area contributed by atoms with Crippen LogP contribution in [0, 0.1) is 12.3 Å². The van der Waals surface area contributed by atoms with Gasteiger partial charge >= 0.3 is 0 Å². The number of ether oxygens (including phenoxy) is 2. The van der Waals surface area contributed by atoms with Gasteiger partial charge in [-0.1, -0.05) is 24.1 Å². The summed E-state index contributed by atoms with van der Waals surface area (Å²) in [5.74, 6) is 3.36. The molecular weight excluding hydrogens is 238 g/mol. The van der Waals surface area contributed by atoms with Crippen molar-refractivity contribution in [2.24, 2.45) is 0 Å². The van der Waals surface area contributed by atoms with Gasteiger partial charge < -0.3 is 14.8 Å². The summed E-state index contributed by atoms with van der Waals surface area (Å²) in [5, 5.41) is 3.62. The summed E-state index contributed by atoms with van der Waals surface area (Å²) in [4.78, 5) is 0. The van der Waals surface area contributed by atoms with Crippen LogP contribution in [-0.4, -0.2) is 25.4 Å². The van der Waals surface area contributed by atoms with Crippen molar-refractivity contribution < 1.29 is 9.47 Å². The second-order valence-corrected chi connectivity index (χ2v) is 5.13. The first kappa shape index (κ1) is 13.9. The highest BCUT2D eigenvalue weighted by molar-refractivity contribution is 5.33. The van der Waals surface area contributed by atoms with Gasteiger partial charge in [-0.15, -0.1) is 6.42 Å². The van der Waals surface area contributed by atoms with E-state index >= 15 is 0 Å². The van der Waals surface area contributed by atoms with Gasteiger partial charge in [0.25, 0.3) is 0 Å². The van der Waals surface area contributed by atoms with Crippen LogP contribution in [0.2, 0.25) is 0 Å². The fourth-order valence-electron chi connectivity index (χ4n) is 2.22. The average Bonchev–Trinajstić information content (AvgIpc) is 2.45. The van der Waals surface area contributed by atoms with Gasteiger partial charge in [-0.25, -0.2) is 0 Å². The van der Waals surface area contributed by atoms with Gasteiger partial charge in [0, 0.05) is 30.9 Å². The Balaban J connectivity index is 1.96. The zero-order valence-corrected chi connectivity index (χ0v) is 11.4. The number of hydrogen-bond acceptors (Lipinski definition) is 3. The summed E-state index contributed by atoms with van der Waals surface area (Å²) in [6, 6.07) is 8.01. The average molecular weight is 259 g/mol. The van der Waals surface area contributed by atoms with Crippen LogP contribution in [0.3, 0.4) is 0 Å². The minimum atomic E-state index is 0.150. The molecule has 3 heteroatoms. The van der Waals surface area contributed by atoms with E-state index in [-0.39, 0.29) is 5.54 Å². The van der Waals surface area contributed by atoms with E-state index in [1.54, 1.807) is 0 Å². The zero-order chi connectivity index (χ0) is 13.6. The number of hydrogen-bond donors (Lipinski definition) is 1. The van der Waals surface area contributed by atoms with Gasteiger partial charge in [-0.3, -0.25) is 0 Å². The Kier molecular flexibility index (Phi) is 4.84. The van der Waals surface area contributed by atoms with Crippen LogP contribution in [0.25, 0.3) is 0 Å². The van der Waals surface area contributed by atoms with Crippen molar-refractivity contribution in [2.75, 3.05) is 19.8 Å². The molecule has 1 aliphatic rings. The van der Waals surface area contributed by atoms with E-state index in [0.717, 1.165) is 43.9 Å². The summed E-state index contributed by atoms with van der Waals surface area (Å²) in [6.07, 6.45) is 7.32. The lowest BCUT2D eigenvalue weighted by molar-refractivity contribution is 0.0445. The lowest BCUT2D eigenvalue weighted by Gasteiger charge is -2.34. The van der Waals surface area contributed by atoms with Crippen LogP contribution in [0.1, 0.15) is 25.3 Å². The van der Waals surface area contributed by atoms with E-state index in [1.165, 1.54) is 0 Å². The van der Waals surface area contributed by atoms with Crippen molar-refractivity contribution in [1.82, 2.24) is 5.32 Å². The first-order valence-electron chi connectivity index (χ1n) is 6.70. The molecule has 0 atom stereocenters. The van der Waals surface area contributed by atoms with Crippen molar-refractivity contribution in [3.63, 3.8) is 0 Å². The van der Waals surface area contributed by atoms with Gasteiger partial charge in [-0.05, 0) is 25.8 Å². The summed E-state index contributed by atoms with van der Waals surface area (Å²) < 4.78 is 11.0. The molecule has 0 radical (unpaired) electrons. The molecule has 0 aliphatic carbocycles. The zero-order valence-electron chi connectivity index (χ0n) is 11.4. The molecule has 102 valence electrons.